The Bertz CT molecular complexity index is 697. The van der Waals surface area contributed by atoms with Crippen molar-refractivity contribution in [1.82, 2.24) is 4.90 Å². The third-order valence-electron chi connectivity index (χ3n) is 4.76. The Morgan fingerprint density at radius 2 is 1.64 bits per heavy atom. The SMILES string of the molecule is COc1cc(CCN2CCN(c3ccccc3OC)CC2)ccc1O. The Labute approximate surface area is 149 Å². The maximum Gasteiger partial charge on any atom is 0.160 e. The molecule has 0 spiro atoms. The number of phenols is 1. The van der Waals surface area contributed by atoms with Crippen LogP contribution < -0.4 is 14.4 Å². The lowest BCUT2D eigenvalue weighted by atomic mass is 10.1. The van der Waals surface area contributed by atoms with Gasteiger partial charge in [0.1, 0.15) is 5.75 Å². The van der Waals surface area contributed by atoms with Crippen molar-refractivity contribution in [2.45, 2.75) is 6.42 Å². The fraction of sp³-hybridized carbons (Fsp3) is 0.400. The predicted molar refractivity (Wildman–Crippen MR) is 100 cm³/mol. The van der Waals surface area contributed by atoms with E-state index >= 15 is 0 Å². The molecule has 1 aliphatic heterocycles. The average molecular weight is 342 g/mol. The third kappa shape index (κ3) is 4.17. The summed E-state index contributed by atoms with van der Waals surface area (Å²) in [7, 11) is 3.30. The van der Waals surface area contributed by atoms with Gasteiger partial charge in [0.15, 0.2) is 11.5 Å². The van der Waals surface area contributed by atoms with Gasteiger partial charge in [-0.3, -0.25) is 4.90 Å². The van der Waals surface area contributed by atoms with Gasteiger partial charge in [0.05, 0.1) is 19.9 Å². The molecular formula is C20H26N2O3. The van der Waals surface area contributed by atoms with Gasteiger partial charge in [-0.05, 0) is 36.2 Å². The van der Waals surface area contributed by atoms with E-state index in [0.717, 1.165) is 44.9 Å². The van der Waals surface area contributed by atoms with E-state index in [4.69, 9.17) is 9.47 Å². The molecular weight excluding hydrogens is 316 g/mol. The lowest BCUT2D eigenvalue weighted by Gasteiger charge is -2.36. The molecule has 0 amide bonds. The van der Waals surface area contributed by atoms with Crippen molar-refractivity contribution in [1.29, 1.82) is 0 Å². The summed E-state index contributed by atoms with van der Waals surface area (Å²) in [4.78, 5) is 4.87. The Kier molecular flexibility index (Phi) is 5.66. The van der Waals surface area contributed by atoms with Crippen LogP contribution in [0.5, 0.6) is 17.2 Å². The highest BCUT2D eigenvalue weighted by molar-refractivity contribution is 5.58. The van der Waals surface area contributed by atoms with Crippen LogP contribution >= 0.6 is 0 Å². The van der Waals surface area contributed by atoms with Gasteiger partial charge in [0, 0.05) is 32.7 Å². The second-order valence-electron chi connectivity index (χ2n) is 6.26. The molecule has 3 rings (SSSR count). The number of hydrogen-bond acceptors (Lipinski definition) is 5. The summed E-state index contributed by atoms with van der Waals surface area (Å²) in [6.45, 7) is 5.08. The van der Waals surface area contributed by atoms with Crippen LogP contribution in [0, 0.1) is 0 Å². The minimum atomic E-state index is 0.191. The summed E-state index contributed by atoms with van der Waals surface area (Å²) in [5.41, 5.74) is 2.36. The van der Waals surface area contributed by atoms with Gasteiger partial charge in [-0.2, -0.15) is 0 Å². The van der Waals surface area contributed by atoms with Gasteiger partial charge < -0.3 is 19.5 Å². The summed E-state index contributed by atoms with van der Waals surface area (Å²) >= 11 is 0. The number of rotatable bonds is 6. The molecule has 1 fully saturated rings. The van der Waals surface area contributed by atoms with Gasteiger partial charge in [0.2, 0.25) is 0 Å². The molecule has 2 aromatic rings. The first-order valence-electron chi connectivity index (χ1n) is 8.67. The minimum Gasteiger partial charge on any atom is -0.504 e. The topological polar surface area (TPSA) is 45.2 Å². The average Bonchev–Trinajstić information content (AvgIpc) is 2.67. The molecule has 1 saturated heterocycles. The quantitative estimate of drug-likeness (QED) is 0.875. The van der Waals surface area contributed by atoms with Crippen molar-refractivity contribution in [2.75, 3.05) is 51.8 Å². The fourth-order valence-electron chi connectivity index (χ4n) is 3.27. The zero-order chi connectivity index (χ0) is 17.6. The Morgan fingerprint density at radius 1 is 0.920 bits per heavy atom. The van der Waals surface area contributed by atoms with Crippen molar-refractivity contribution < 1.29 is 14.6 Å². The third-order valence-corrected chi connectivity index (χ3v) is 4.76. The van der Waals surface area contributed by atoms with E-state index in [-0.39, 0.29) is 5.75 Å². The molecule has 0 saturated carbocycles. The number of ether oxygens (including phenoxy) is 2. The molecule has 0 atom stereocenters. The second kappa shape index (κ2) is 8.12. The number of anilines is 1. The number of aromatic hydroxyl groups is 1. The second-order valence-corrected chi connectivity index (χ2v) is 6.26. The highest BCUT2D eigenvalue weighted by atomic mass is 16.5. The highest BCUT2D eigenvalue weighted by Crippen LogP contribution is 2.29. The largest absolute Gasteiger partial charge is 0.504 e. The van der Waals surface area contributed by atoms with E-state index in [0.29, 0.717) is 5.75 Å². The van der Waals surface area contributed by atoms with Gasteiger partial charge in [-0.15, -0.1) is 0 Å². The zero-order valence-electron chi connectivity index (χ0n) is 14.9. The highest BCUT2D eigenvalue weighted by Gasteiger charge is 2.19. The van der Waals surface area contributed by atoms with E-state index in [9.17, 15) is 5.11 Å². The van der Waals surface area contributed by atoms with Crippen molar-refractivity contribution in [2.24, 2.45) is 0 Å². The standard InChI is InChI=1S/C20H26N2O3/c1-24-19-6-4-3-5-17(19)22-13-11-21(12-14-22)10-9-16-7-8-18(23)20(15-16)25-2/h3-8,15,23H,9-14H2,1-2H3. The van der Waals surface area contributed by atoms with Gasteiger partial charge >= 0.3 is 0 Å². The summed E-state index contributed by atoms with van der Waals surface area (Å²) in [5.74, 6) is 1.67. The number of phenolic OH excluding ortho intramolecular Hbond substituents is 1. The lowest BCUT2D eigenvalue weighted by Crippen LogP contribution is -2.47. The van der Waals surface area contributed by atoms with Crippen LogP contribution in [0.15, 0.2) is 42.5 Å². The molecule has 0 aromatic heterocycles. The summed E-state index contributed by atoms with van der Waals surface area (Å²) in [6, 6.07) is 13.8. The Morgan fingerprint density at radius 3 is 2.36 bits per heavy atom. The van der Waals surface area contributed by atoms with Crippen LogP contribution in [0.25, 0.3) is 0 Å². The molecule has 0 unspecified atom stereocenters. The minimum absolute atomic E-state index is 0.191. The van der Waals surface area contributed by atoms with Gasteiger partial charge in [0.25, 0.3) is 0 Å². The molecule has 0 radical (unpaired) electrons. The van der Waals surface area contributed by atoms with Crippen molar-refractivity contribution in [3.8, 4) is 17.2 Å². The number of para-hydroxylation sites is 2. The van der Waals surface area contributed by atoms with E-state index in [1.807, 2.05) is 24.3 Å². The van der Waals surface area contributed by atoms with Crippen LogP contribution in [-0.4, -0.2) is 56.9 Å². The van der Waals surface area contributed by atoms with E-state index < -0.39 is 0 Å². The van der Waals surface area contributed by atoms with Crippen molar-refractivity contribution >= 4 is 5.69 Å². The zero-order valence-corrected chi connectivity index (χ0v) is 14.9. The van der Waals surface area contributed by atoms with Crippen LogP contribution in [0.2, 0.25) is 0 Å². The van der Waals surface area contributed by atoms with Gasteiger partial charge in [-0.25, -0.2) is 0 Å². The van der Waals surface area contributed by atoms with Gasteiger partial charge in [-0.1, -0.05) is 18.2 Å². The molecule has 134 valence electrons. The summed E-state index contributed by atoms with van der Waals surface area (Å²) in [5, 5.41) is 9.68. The fourth-order valence-corrected chi connectivity index (χ4v) is 3.27. The predicted octanol–water partition coefficient (Wildman–Crippen LogP) is 2.77. The van der Waals surface area contributed by atoms with E-state index in [1.165, 1.54) is 11.3 Å². The molecule has 5 nitrogen and oxygen atoms in total. The number of hydrogen-bond donors (Lipinski definition) is 1. The summed E-state index contributed by atoms with van der Waals surface area (Å²) in [6.07, 6.45) is 0.950. The molecule has 25 heavy (non-hydrogen) atoms. The van der Waals surface area contributed by atoms with Crippen molar-refractivity contribution in [3.63, 3.8) is 0 Å². The van der Waals surface area contributed by atoms with E-state index in [2.05, 4.69) is 21.9 Å². The van der Waals surface area contributed by atoms with Crippen LogP contribution in [0.4, 0.5) is 5.69 Å². The molecule has 0 aliphatic carbocycles. The maximum absolute atomic E-state index is 9.68. The van der Waals surface area contributed by atoms with Crippen LogP contribution in [-0.2, 0) is 6.42 Å². The molecule has 1 N–H and O–H groups in total. The molecule has 5 heteroatoms. The molecule has 0 bridgehead atoms. The molecule has 2 aromatic carbocycles. The number of methoxy groups -OCH3 is 2. The Hall–Kier alpha value is -2.40. The first kappa shape index (κ1) is 17.4. The lowest BCUT2D eigenvalue weighted by molar-refractivity contribution is 0.260. The first-order valence-corrected chi connectivity index (χ1v) is 8.67. The summed E-state index contributed by atoms with van der Waals surface area (Å²) < 4.78 is 10.7. The number of benzene rings is 2. The molecule has 1 aliphatic rings. The van der Waals surface area contributed by atoms with E-state index in [1.54, 1.807) is 20.3 Å². The number of nitrogens with zero attached hydrogens (tertiary/aromatic N) is 2. The van der Waals surface area contributed by atoms with Crippen LogP contribution in [0.3, 0.4) is 0 Å². The van der Waals surface area contributed by atoms with Crippen molar-refractivity contribution in [3.05, 3.63) is 48.0 Å². The Balaban J connectivity index is 1.53. The normalized spacial score (nSPS) is 15.2. The van der Waals surface area contributed by atoms with Crippen LogP contribution in [0.1, 0.15) is 5.56 Å². The monoisotopic (exact) mass is 342 g/mol. The maximum atomic E-state index is 9.68. The number of piperazine rings is 1. The molecule has 1 heterocycles. The first-order chi connectivity index (χ1) is 12.2. The smallest absolute Gasteiger partial charge is 0.160 e.